The minimum absolute atomic E-state index is 0.280. The van der Waals surface area contributed by atoms with Gasteiger partial charge in [-0.25, -0.2) is 14.2 Å². The molecule has 0 aliphatic carbocycles. The molecule has 0 saturated carbocycles. The Hall–Kier alpha value is -2.63. The Labute approximate surface area is 122 Å². The van der Waals surface area contributed by atoms with Crippen molar-refractivity contribution in [2.45, 2.75) is 13.3 Å². The first-order valence-corrected chi connectivity index (χ1v) is 6.61. The van der Waals surface area contributed by atoms with Gasteiger partial charge in [-0.05, 0) is 24.6 Å². The van der Waals surface area contributed by atoms with E-state index in [1.165, 1.54) is 18.3 Å². The largest absolute Gasteiger partial charge is 0.439 e. The van der Waals surface area contributed by atoms with Crippen molar-refractivity contribution in [1.29, 1.82) is 0 Å². The van der Waals surface area contributed by atoms with Crippen LogP contribution in [0, 0.1) is 5.82 Å². The third-order valence-electron chi connectivity index (χ3n) is 2.55. The molecular weight excluding hydrogens is 273 g/mol. The highest BCUT2D eigenvalue weighted by molar-refractivity contribution is 5.88. The number of amides is 2. The van der Waals surface area contributed by atoms with E-state index in [1.54, 1.807) is 24.3 Å². The Bertz CT molecular complexity index is 602. The average molecular weight is 289 g/mol. The van der Waals surface area contributed by atoms with E-state index in [-0.39, 0.29) is 11.8 Å². The van der Waals surface area contributed by atoms with Gasteiger partial charge in [0.05, 0.1) is 11.9 Å². The quantitative estimate of drug-likeness (QED) is 0.884. The number of halogens is 1. The predicted molar refractivity (Wildman–Crippen MR) is 78.0 cm³/mol. The van der Waals surface area contributed by atoms with Gasteiger partial charge < -0.3 is 15.4 Å². The summed E-state index contributed by atoms with van der Waals surface area (Å²) in [6, 6.07) is 8.77. The lowest BCUT2D eigenvalue weighted by Crippen LogP contribution is -2.29. The van der Waals surface area contributed by atoms with Crippen LogP contribution in [0.15, 0.2) is 42.6 Å². The van der Waals surface area contributed by atoms with E-state index in [4.69, 9.17) is 4.74 Å². The number of anilines is 1. The molecule has 6 heteroatoms. The van der Waals surface area contributed by atoms with Crippen LogP contribution in [-0.4, -0.2) is 17.6 Å². The summed E-state index contributed by atoms with van der Waals surface area (Å²) < 4.78 is 18.4. The smallest absolute Gasteiger partial charge is 0.319 e. The fourth-order valence-electron chi connectivity index (χ4n) is 1.58. The Morgan fingerprint density at radius 2 is 2.19 bits per heavy atom. The van der Waals surface area contributed by atoms with Gasteiger partial charge in [-0.3, -0.25) is 0 Å². The van der Waals surface area contributed by atoms with Crippen LogP contribution >= 0.6 is 0 Å². The van der Waals surface area contributed by atoms with Gasteiger partial charge >= 0.3 is 6.03 Å². The Kier molecular flexibility index (Phi) is 5.09. The van der Waals surface area contributed by atoms with E-state index >= 15 is 0 Å². The molecule has 2 aromatic rings. The minimum Gasteiger partial charge on any atom is -0.439 e. The van der Waals surface area contributed by atoms with Crippen molar-refractivity contribution in [3.63, 3.8) is 0 Å². The van der Waals surface area contributed by atoms with Gasteiger partial charge in [0, 0.05) is 18.7 Å². The van der Waals surface area contributed by atoms with Gasteiger partial charge in [-0.15, -0.1) is 0 Å². The molecule has 0 aliphatic rings. The van der Waals surface area contributed by atoms with Gasteiger partial charge in [-0.2, -0.15) is 0 Å². The molecular formula is C15H16FN3O2. The number of nitrogens with one attached hydrogen (secondary N) is 2. The molecule has 2 amide bonds. The Balaban J connectivity index is 1.94. The van der Waals surface area contributed by atoms with Crippen LogP contribution in [0.4, 0.5) is 14.9 Å². The second-order valence-corrected chi connectivity index (χ2v) is 4.33. The van der Waals surface area contributed by atoms with Gasteiger partial charge in [-0.1, -0.05) is 13.0 Å². The number of benzene rings is 1. The van der Waals surface area contributed by atoms with Crippen LogP contribution in [0.3, 0.4) is 0 Å². The summed E-state index contributed by atoms with van der Waals surface area (Å²) >= 11 is 0. The van der Waals surface area contributed by atoms with Crippen molar-refractivity contribution < 1.29 is 13.9 Å². The highest BCUT2D eigenvalue weighted by Gasteiger charge is 2.03. The van der Waals surface area contributed by atoms with Crippen LogP contribution < -0.4 is 15.4 Å². The molecule has 0 spiro atoms. The van der Waals surface area contributed by atoms with Crippen LogP contribution in [0.1, 0.15) is 13.3 Å². The maximum Gasteiger partial charge on any atom is 0.319 e. The van der Waals surface area contributed by atoms with Crippen molar-refractivity contribution >= 4 is 11.7 Å². The Morgan fingerprint density at radius 1 is 1.33 bits per heavy atom. The summed E-state index contributed by atoms with van der Waals surface area (Å²) in [6.07, 6.45) is 2.34. The third kappa shape index (κ3) is 4.76. The van der Waals surface area contributed by atoms with E-state index in [0.29, 0.717) is 23.9 Å². The fraction of sp³-hybridized carbons (Fsp3) is 0.200. The molecule has 21 heavy (non-hydrogen) atoms. The van der Waals surface area contributed by atoms with Crippen molar-refractivity contribution in [3.8, 4) is 11.6 Å². The zero-order chi connectivity index (χ0) is 15.1. The normalized spacial score (nSPS) is 10.0. The molecule has 1 heterocycles. The number of aromatic nitrogens is 1. The molecule has 5 nitrogen and oxygen atoms in total. The fourth-order valence-corrected chi connectivity index (χ4v) is 1.58. The molecule has 0 radical (unpaired) electrons. The number of ether oxygens (including phenoxy) is 1. The van der Waals surface area contributed by atoms with Crippen molar-refractivity contribution in [3.05, 3.63) is 48.4 Å². The second-order valence-electron chi connectivity index (χ2n) is 4.33. The minimum atomic E-state index is -0.376. The highest BCUT2D eigenvalue weighted by atomic mass is 19.1. The molecule has 2 rings (SSSR count). The highest BCUT2D eigenvalue weighted by Crippen LogP contribution is 2.20. The molecule has 0 atom stereocenters. The topological polar surface area (TPSA) is 63.2 Å². The summed E-state index contributed by atoms with van der Waals surface area (Å²) in [5.41, 5.74) is 0.551. The summed E-state index contributed by atoms with van der Waals surface area (Å²) in [5, 5.41) is 5.34. The van der Waals surface area contributed by atoms with Gasteiger partial charge in [0.25, 0.3) is 0 Å². The van der Waals surface area contributed by atoms with E-state index in [2.05, 4.69) is 15.6 Å². The number of nitrogens with zero attached hydrogens (tertiary/aromatic N) is 1. The number of carbonyl (C=O) groups is 1. The number of pyridine rings is 1. The van der Waals surface area contributed by atoms with E-state index in [1.807, 2.05) is 6.92 Å². The first-order valence-electron chi connectivity index (χ1n) is 6.61. The number of hydrogen-bond acceptors (Lipinski definition) is 3. The van der Waals surface area contributed by atoms with Gasteiger partial charge in [0.1, 0.15) is 11.6 Å². The maximum absolute atomic E-state index is 13.0. The van der Waals surface area contributed by atoms with Gasteiger partial charge in [0.15, 0.2) is 0 Å². The molecule has 0 bridgehead atoms. The van der Waals surface area contributed by atoms with Crippen molar-refractivity contribution in [2.75, 3.05) is 11.9 Å². The summed E-state index contributed by atoms with van der Waals surface area (Å²) in [7, 11) is 0. The van der Waals surface area contributed by atoms with Crippen molar-refractivity contribution in [1.82, 2.24) is 10.3 Å². The first-order chi connectivity index (χ1) is 10.2. The van der Waals surface area contributed by atoms with E-state index in [0.717, 1.165) is 6.42 Å². The number of urea groups is 1. The summed E-state index contributed by atoms with van der Waals surface area (Å²) in [5.74, 6) is 0.308. The predicted octanol–water partition coefficient (Wildman–Crippen LogP) is 3.54. The molecule has 2 N–H and O–H groups in total. The van der Waals surface area contributed by atoms with E-state index < -0.39 is 0 Å². The number of rotatable bonds is 5. The lowest BCUT2D eigenvalue weighted by molar-refractivity contribution is 0.252. The number of carbonyl (C=O) groups excluding carboxylic acids is 1. The number of hydrogen-bond donors (Lipinski definition) is 2. The summed E-state index contributed by atoms with van der Waals surface area (Å²) in [4.78, 5) is 15.5. The SMILES string of the molecule is CCCNC(=O)Nc1ccc(Oc2cccc(F)c2)nc1. The van der Waals surface area contributed by atoms with Crippen LogP contribution in [0.25, 0.3) is 0 Å². The van der Waals surface area contributed by atoms with E-state index in [9.17, 15) is 9.18 Å². The van der Waals surface area contributed by atoms with Crippen LogP contribution in [0.2, 0.25) is 0 Å². The molecule has 0 saturated heterocycles. The van der Waals surface area contributed by atoms with Gasteiger partial charge in [0.2, 0.25) is 5.88 Å². The molecule has 1 aromatic heterocycles. The molecule has 0 unspecified atom stereocenters. The molecule has 0 aliphatic heterocycles. The lowest BCUT2D eigenvalue weighted by atomic mass is 10.3. The summed E-state index contributed by atoms with van der Waals surface area (Å²) in [6.45, 7) is 2.58. The third-order valence-corrected chi connectivity index (χ3v) is 2.55. The molecule has 1 aromatic carbocycles. The van der Waals surface area contributed by atoms with Crippen LogP contribution in [-0.2, 0) is 0 Å². The lowest BCUT2D eigenvalue weighted by Gasteiger charge is -2.08. The molecule has 0 fully saturated rings. The monoisotopic (exact) mass is 289 g/mol. The first kappa shape index (κ1) is 14.8. The maximum atomic E-state index is 13.0. The zero-order valence-corrected chi connectivity index (χ0v) is 11.6. The Morgan fingerprint density at radius 3 is 2.86 bits per heavy atom. The second kappa shape index (κ2) is 7.23. The van der Waals surface area contributed by atoms with Crippen molar-refractivity contribution in [2.24, 2.45) is 0 Å². The van der Waals surface area contributed by atoms with Crippen LogP contribution in [0.5, 0.6) is 11.6 Å². The molecule has 110 valence electrons. The zero-order valence-electron chi connectivity index (χ0n) is 11.6. The standard InChI is InChI=1S/C15H16FN3O2/c1-2-8-17-15(20)19-12-6-7-14(18-10-12)21-13-5-3-4-11(16)9-13/h3-7,9-10H,2,8H2,1H3,(H2,17,19,20). The average Bonchev–Trinajstić information content (AvgIpc) is 2.47.